The van der Waals surface area contributed by atoms with Crippen LogP contribution in [0.2, 0.25) is 15.1 Å². The quantitative estimate of drug-likeness (QED) is 0.162. The van der Waals surface area contributed by atoms with Crippen molar-refractivity contribution in [1.82, 2.24) is 10.2 Å². The third kappa shape index (κ3) is 8.87. The minimum Gasteiger partial charge on any atom is -0.352 e. The Kier molecular flexibility index (Phi) is 11.5. The summed E-state index contributed by atoms with van der Waals surface area (Å²) in [5.41, 5.74) is 2.64. The third-order valence-corrected chi connectivity index (χ3v) is 11.1. The molecule has 2 amide bonds. The van der Waals surface area contributed by atoms with E-state index < -0.39 is 28.5 Å². The molecule has 4 aromatic rings. The van der Waals surface area contributed by atoms with Gasteiger partial charge in [0.2, 0.25) is 11.8 Å². The summed E-state index contributed by atoms with van der Waals surface area (Å²) in [5, 5.41) is 4.08. The number of nitrogens with zero attached hydrogens (tertiary/aromatic N) is 2. The Balaban J connectivity index is 1.57. The predicted octanol–water partition coefficient (Wildman–Crippen LogP) is 7.85. The van der Waals surface area contributed by atoms with Crippen LogP contribution in [0.25, 0.3) is 0 Å². The van der Waals surface area contributed by atoms with E-state index in [2.05, 4.69) is 5.32 Å². The number of carbonyl (C=O) groups is 2. The highest BCUT2D eigenvalue weighted by atomic mass is 35.5. The van der Waals surface area contributed by atoms with E-state index in [0.717, 1.165) is 46.7 Å². The molecule has 0 heterocycles. The molecule has 5 rings (SSSR count). The summed E-state index contributed by atoms with van der Waals surface area (Å²) in [6, 6.07) is 26.4. The van der Waals surface area contributed by atoms with Gasteiger partial charge < -0.3 is 10.2 Å². The summed E-state index contributed by atoms with van der Waals surface area (Å²) in [7, 11) is -4.26. The van der Waals surface area contributed by atoms with Crippen molar-refractivity contribution in [3.63, 3.8) is 0 Å². The van der Waals surface area contributed by atoms with Gasteiger partial charge in [0.15, 0.2) is 0 Å². The van der Waals surface area contributed by atoms with Crippen LogP contribution in [0.4, 0.5) is 5.69 Å². The van der Waals surface area contributed by atoms with E-state index in [0.29, 0.717) is 5.02 Å². The number of anilines is 1. The Morgan fingerprint density at radius 3 is 2.13 bits per heavy atom. The van der Waals surface area contributed by atoms with Crippen molar-refractivity contribution in [1.29, 1.82) is 0 Å². The Morgan fingerprint density at radius 2 is 1.49 bits per heavy atom. The Morgan fingerprint density at radius 1 is 0.830 bits per heavy atom. The Hall–Kier alpha value is -3.56. The number of hydrogen-bond acceptors (Lipinski definition) is 4. The number of hydrogen-bond donors (Lipinski definition) is 1. The predicted molar refractivity (Wildman–Crippen MR) is 189 cm³/mol. The van der Waals surface area contributed by atoms with Gasteiger partial charge in [0.05, 0.1) is 20.6 Å². The topological polar surface area (TPSA) is 86.8 Å². The van der Waals surface area contributed by atoms with E-state index >= 15 is 0 Å². The largest absolute Gasteiger partial charge is 0.352 e. The van der Waals surface area contributed by atoms with Gasteiger partial charge in [-0.05, 0) is 73.4 Å². The lowest BCUT2D eigenvalue weighted by molar-refractivity contribution is -0.140. The van der Waals surface area contributed by atoms with Gasteiger partial charge in [-0.3, -0.25) is 13.9 Å². The highest BCUT2D eigenvalue weighted by molar-refractivity contribution is 7.92. The summed E-state index contributed by atoms with van der Waals surface area (Å²) in [6.07, 6.45) is 4.02. The molecule has 0 spiro atoms. The van der Waals surface area contributed by atoms with E-state index in [-0.39, 0.29) is 45.5 Å². The van der Waals surface area contributed by atoms with Gasteiger partial charge in [-0.1, -0.05) is 108 Å². The molecule has 47 heavy (non-hydrogen) atoms. The number of carbonyl (C=O) groups excluding carboxylic acids is 2. The van der Waals surface area contributed by atoms with Crippen LogP contribution in [0.3, 0.4) is 0 Å². The van der Waals surface area contributed by atoms with E-state index in [4.69, 9.17) is 34.8 Å². The second-order valence-corrected chi connectivity index (χ2v) is 14.9. The molecule has 0 aliphatic heterocycles. The van der Waals surface area contributed by atoms with Crippen LogP contribution >= 0.6 is 34.8 Å². The molecule has 1 aliphatic rings. The number of nitrogens with one attached hydrogen (secondary N) is 1. The molecule has 0 radical (unpaired) electrons. The van der Waals surface area contributed by atoms with Gasteiger partial charge in [-0.2, -0.15) is 0 Å². The van der Waals surface area contributed by atoms with Crippen molar-refractivity contribution in [3.8, 4) is 0 Å². The van der Waals surface area contributed by atoms with Crippen LogP contribution in [-0.4, -0.2) is 43.8 Å². The molecule has 1 N–H and O–H groups in total. The zero-order valence-corrected chi connectivity index (χ0v) is 29.0. The number of aryl methyl sites for hydroxylation is 1. The van der Waals surface area contributed by atoms with Gasteiger partial charge in [-0.25, -0.2) is 8.42 Å². The third-order valence-electron chi connectivity index (χ3n) is 8.32. The maximum Gasteiger partial charge on any atom is 0.264 e. The summed E-state index contributed by atoms with van der Waals surface area (Å²) in [6.45, 7) is 1.31. The van der Waals surface area contributed by atoms with Crippen LogP contribution < -0.4 is 9.62 Å². The second-order valence-electron chi connectivity index (χ2n) is 11.8. The highest BCUT2D eigenvalue weighted by Crippen LogP contribution is 2.31. The average molecular weight is 713 g/mol. The maximum atomic E-state index is 14.6. The minimum atomic E-state index is -4.26. The molecule has 246 valence electrons. The van der Waals surface area contributed by atoms with Crippen molar-refractivity contribution < 1.29 is 18.0 Å². The van der Waals surface area contributed by atoms with Crippen LogP contribution in [0, 0.1) is 6.92 Å². The van der Waals surface area contributed by atoms with Gasteiger partial charge in [-0.15, -0.1) is 0 Å². The zero-order chi connectivity index (χ0) is 33.6. The van der Waals surface area contributed by atoms with Gasteiger partial charge in [0.25, 0.3) is 10.0 Å². The lowest BCUT2D eigenvalue weighted by Crippen LogP contribution is -2.54. The van der Waals surface area contributed by atoms with Crippen molar-refractivity contribution in [2.24, 2.45) is 0 Å². The molecule has 0 saturated heterocycles. The first-order valence-electron chi connectivity index (χ1n) is 15.4. The molecule has 1 saturated carbocycles. The van der Waals surface area contributed by atoms with E-state index in [1.165, 1.54) is 35.2 Å². The minimum absolute atomic E-state index is 0.00559. The molecular formula is C36H36Cl3N3O4S. The number of amides is 2. The van der Waals surface area contributed by atoms with E-state index in [9.17, 15) is 18.0 Å². The fraction of sp³-hybridized carbons (Fsp3) is 0.278. The number of benzene rings is 4. The first kappa shape index (κ1) is 34.8. The lowest BCUT2D eigenvalue weighted by atomic mass is 10.0. The molecule has 0 bridgehead atoms. The molecule has 11 heteroatoms. The number of rotatable bonds is 12. The molecule has 0 aromatic heterocycles. The monoisotopic (exact) mass is 711 g/mol. The zero-order valence-electron chi connectivity index (χ0n) is 25.9. The summed E-state index contributed by atoms with van der Waals surface area (Å²) >= 11 is 18.7. The SMILES string of the molecule is Cc1ccc(S(=O)(=O)N(CC(=O)N(Cc2ccc(Cl)cc2)[C@@H](Cc2ccccc2)C(=O)NC2CCCC2)c2ccc(Cl)c(Cl)c2)cc1. The van der Waals surface area contributed by atoms with Crippen LogP contribution in [0.15, 0.2) is 102 Å². The van der Waals surface area contributed by atoms with Crippen molar-refractivity contribution in [2.75, 3.05) is 10.8 Å². The molecule has 1 aliphatic carbocycles. The highest BCUT2D eigenvalue weighted by Gasteiger charge is 2.35. The average Bonchev–Trinajstić information content (AvgIpc) is 3.57. The normalized spacial score (nSPS) is 14.0. The van der Waals surface area contributed by atoms with E-state index in [1.54, 1.807) is 36.4 Å². The number of halogens is 3. The standard InChI is InChI=1S/C36H36Cl3N3O4S/c1-25-11-18-31(19-12-25)47(45,46)42(30-17-20-32(38)33(39)22-30)24-35(43)41(23-27-13-15-28(37)16-14-27)34(21-26-7-3-2-4-8-26)36(44)40-29-9-5-6-10-29/h2-4,7-8,11-20,22,29,34H,5-6,9-10,21,23-24H2,1H3,(H,40,44)/t34-/m0/s1. The fourth-order valence-electron chi connectivity index (χ4n) is 5.71. The number of sulfonamides is 1. The van der Waals surface area contributed by atoms with Crippen molar-refractivity contribution in [2.45, 2.75) is 62.6 Å². The van der Waals surface area contributed by atoms with E-state index in [1.807, 2.05) is 37.3 Å². The Labute approximate surface area is 291 Å². The van der Waals surface area contributed by atoms with Crippen LogP contribution in [-0.2, 0) is 32.6 Å². The van der Waals surface area contributed by atoms with Crippen molar-refractivity contribution >= 4 is 62.3 Å². The van der Waals surface area contributed by atoms with Crippen LogP contribution in [0.1, 0.15) is 42.4 Å². The lowest BCUT2D eigenvalue weighted by Gasteiger charge is -2.34. The first-order chi connectivity index (χ1) is 22.5. The summed E-state index contributed by atoms with van der Waals surface area (Å²) in [4.78, 5) is 30.2. The first-order valence-corrected chi connectivity index (χ1v) is 18.0. The molecule has 1 fully saturated rings. The van der Waals surface area contributed by atoms with Gasteiger partial charge >= 0.3 is 0 Å². The molecule has 4 aromatic carbocycles. The molecular weight excluding hydrogens is 677 g/mol. The summed E-state index contributed by atoms with van der Waals surface area (Å²) in [5.74, 6) is -0.852. The second kappa shape index (κ2) is 15.6. The Bertz CT molecular complexity index is 1800. The summed E-state index contributed by atoms with van der Waals surface area (Å²) < 4.78 is 29.4. The smallest absolute Gasteiger partial charge is 0.264 e. The van der Waals surface area contributed by atoms with Gasteiger partial charge in [0.1, 0.15) is 12.6 Å². The maximum absolute atomic E-state index is 14.6. The molecule has 0 unspecified atom stereocenters. The van der Waals surface area contributed by atoms with Crippen molar-refractivity contribution in [3.05, 3.63) is 129 Å². The fourth-order valence-corrected chi connectivity index (χ4v) is 7.54. The van der Waals surface area contributed by atoms with Gasteiger partial charge in [0, 0.05) is 24.0 Å². The molecule has 1 atom stereocenters. The van der Waals surface area contributed by atoms with Crippen LogP contribution in [0.5, 0.6) is 0 Å². The molecule has 7 nitrogen and oxygen atoms in total.